The number of anilines is 1. The molecule has 2 rings (SSSR count). The van der Waals surface area contributed by atoms with Crippen molar-refractivity contribution in [3.05, 3.63) is 58.9 Å². The molecule has 1 N–H and O–H groups in total. The molecule has 0 aliphatic heterocycles. The third kappa shape index (κ3) is 5.27. The second kappa shape index (κ2) is 7.62. The third-order valence-electron chi connectivity index (χ3n) is 3.10. The van der Waals surface area contributed by atoms with Crippen LogP contribution in [0.5, 0.6) is 0 Å². The number of halogens is 1. The van der Waals surface area contributed by atoms with Crippen LogP contribution in [0.4, 0.5) is 5.69 Å². The Morgan fingerprint density at radius 1 is 1.20 bits per heavy atom. The molecule has 132 valence electrons. The maximum Gasteiger partial charge on any atom is 0.341 e. The molecule has 0 radical (unpaired) electrons. The summed E-state index contributed by atoms with van der Waals surface area (Å²) in [6.07, 6.45) is 1.41. The number of carbonyl (C=O) groups excluding carboxylic acids is 2. The quantitative estimate of drug-likeness (QED) is 0.468. The van der Waals surface area contributed by atoms with Gasteiger partial charge in [-0.3, -0.25) is 9.52 Å². The minimum absolute atomic E-state index is 0.0108. The third-order valence-corrected chi connectivity index (χ3v) is 4.01. The molecule has 1 aromatic carbocycles. The first-order valence-electron chi connectivity index (χ1n) is 7.11. The van der Waals surface area contributed by atoms with E-state index >= 15 is 0 Å². The highest BCUT2D eigenvalue weighted by atomic mass is 35.5. The molecular weight excluding hydrogens is 368 g/mol. The highest BCUT2D eigenvalue weighted by Gasteiger charge is 2.22. The molecule has 7 nitrogen and oxygen atoms in total. The first-order chi connectivity index (χ1) is 11.7. The summed E-state index contributed by atoms with van der Waals surface area (Å²) < 4.78 is 29.7. The number of ether oxygens (including phenoxy) is 1. The predicted molar refractivity (Wildman–Crippen MR) is 93.4 cm³/mol. The van der Waals surface area contributed by atoms with Gasteiger partial charge in [-0.15, -0.1) is 0 Å². The number of esters is 1. The van der Waals surface area contributed by atoms with Gasteiger partial charge in [-0.05, 0) is 43.3 Å². The summed E-state index contributed by atoms with van der Waals surface area (Å²) in [4.78, 5) is 28.1. The highest BCUT2D eigenvalue weighted by Crippen LogP contribution is 2.16. The number of nitrogens with one attached hydrogen (secondary N) is 1. The van der Waals surface area contributed by atoms with E-state index in [1.54, 1.807) is 0 Å². The van der Waals surface area contributed by atoms with Crippen molar-refractivity contribution < 1.29 is 22.7 Å². The van der Waals surface area contributed by atoms with Crippen molar-refractivity contribution in [3.8, 4) is 0 Å². The van der Waals surface area contributed by atoms with Crippen molar-refractivity contribution in [1.82, 2.24) is 4.98 Å². The molecule has 0 unspecified atom stereocenters. The summed E-state index contributed by atoms with van der Waals surface area (Å²) in [6, 6.07) is 8.75. The first-order valence-corrected chi connectivity index (χ1v) is 9.38. The molecule has 1 heterocycles. The van der Waals surface area contributed by atoms with E-state index in [-0.39, 0.29) is 16.3 Å². The molecule has 0 aliphatic carbocycles. The van der Waals surface area contributed by atoms with Crippen LogP contribution in [0.1, 0.15) is 27.6 Å². The first kappa shape index (κ1) is 18.9. The maximum atomic E-state index is 12.3. The number of pyridine rings is 1. The van der Waals surface area contributed by atoms with Crippen LogP contribution < -0.4 is 4.72 Å². The summed E-state index contributed by atoms with van der Waals surface area (Å²) >= 11 is 5.82. The Labute approximate surface area is 150 Å². The minimum Gasteiger partial charge on any atom is -0.451 e. The van der Waals surface area contributed by atoms with Crippen molar-refractivity contribution in [3.63, 3.8) is 0 Å². The molecule has 2 aromatic rings. The molecule has 0 saturated carbocycles. The Morgan fingerprint density at radius 3 is 2.40 bits per heavy atom. The van der Waals surface area contributed by atoms with Gasteiger partial charge in [0.15, 0.2) is 6.10 Å². The number of aromatic nitrogens is 1. The molecule has 0 fully saturated rings. The molecule has 0 spiro atoms. The van der Waals surface area contributed by atoms with E-state index in [0.717, 1.165) is 6.26 Å². The number of hydrogen-bond acceptors (Lipinski definition) is 6. The summed E-state index contributed by atoms with van der Waals surface area (Å²) in [5.74, 6) is -1.19. The van der Waals surface area contributed by atoms with Crippen LogP contribution >= 0.6 is 11.6 Å². The van der Waals surface area contributed by atoms with Gasteiger partial charge in [-0.25, -0.2) is 18.2 Å². The van der Waals surface area contributed by atoms with E-state index in [4.69, 9.17) is 16.3 Å². The summed E-state index contributed by atoms with van der Waals surface area (Å²) in [5, 5.41) is -0.0108. The number of rotatable bonds is 6. The van der Waals surface area contributed by atoms with E-state index in [0.29, 0.717) is 5.69 Å². The molecule has 1 aromatic heterocycles. The highest BCUT2D eigenvalue weighted by molar-refractivity contribution is 7.92. The van der Waals surface area contributed by atoms with Gasteiger partial charge >= 0.3 is 5.97 Å². The van der Waals surface area contributed by atoms with Gasteiger partial charge in [0.2, 0.25) is 15.8 Å². The number of sulfonamides is 1. The lowest BCUT2D eigenvalue weighted by molar-refractivity contribution is 0.0318. The van der Waals surface area contributed by atoms with E-state index in [1.165, 1.54) is 49.5 Å². The van der Waals surface area contributed by atoms with E-state index in [1.807, 2.05) is 0 Å². The number of carbonyl (C=O) groups is 2. The Bertz CT molecular complexity index is 897. The summed E-state index contributed by atoms with van der Waals surface area (Å²) in [5.41, 5.74) is 0.666. The van der Waals surface area contributed by atoms with Gasteiger partial charge in [0.05, 0.1) is 11.8 Å². The van der Waals surface area contributed by atoms with Crippen LogP contribution in [0.3, 0.4) is 0 Å². The second-order valence-electron chi connectivity index (χ2n) is 5.21. The monoisotopic (exact) mass is 382 g/mol. The average molecular weight is 383 g/mol. The van der Waals surface area contributed by atoms with Crippen molar-refractivity contribution in [2.45, 2.75) is 13.0 Å². The van der Waals surface area contributed by atoms with E-state index in [2.05, 4.69) is 9.71 Å². The predicted octanol–water partition coefficient (Wildman–Crippen LogP) is 2.53. The Morgan fingerprint density at radius 2 is 1.84 bits per heavy atom. The van der Waals surface area contributed by atoms with Crippen molar-refractivity contribution >= 4 is 39.1 Å². The normalized spacial score (nSPS) is 12.3. The summed E-state index contributed by atoms with van der Waals surface area (Å²) in [6.45, 7) is 1.44. The van der Waals surface area contributed by atoms with Crippen LogP contribution in [-0.2, 0) is 14.8 Å². The van der Waals surface area contributed by atoms with Gasteiger partial charge in [-0.1, -0.05) is 11.6 Å². The number of ketones is 1. The molecule has 0 amide bonds. The fourth-order valence-electron chi connectivity index (χ4n) is 1.97. The zero-order chi connectivity index (χ0) is 18.6. The molecule has 0 saturated heterocycles. The number of nitrogens with zero attached hydrogens (tertiary/aromatic N) is 1. The smallest absolute Gasteiger partial charge is 0.341 e. The van der Waals surface area contributed by atoms with Crippen LogP contribution in [0.2, 0.25) is 5.15 Å². The van der Waals surface area contributed by atoms with Gasteiger partial charge in [0, 0.05) is 17.4 Å². The fourth-order valence-corrected chi connectivity index (χ4v) is 2.73. The average Bonchev–Trinajstić information content (AvgIpc) is 2.53. The lowest BCUT2D eigenvalue weighted by Crippen LogP contribution is -2.24. The largest absolute Gasteiger partial charge is 0.451 e. The minimum atomic E-state index is -3.40. The van der Waals surface area contributed by atoms with Gasteiger partial charge in [-0.2, -0.15) is 0 Å². The van der Waals surface area contributed by atoms with Crippen molar-refractivity contribution in [2.75, 3.05) is 11.0 Å². The van der Waals surface area contributed by atoms with Crippen molar-refractivity contribution in [2.24, 2.45) is 0 Å². The molecule has 9 heteroatoms. The Hall–Kier alpha value is -2.45. The zero-order valence-electron chi connectivity index (χ0n) is 13.4. The van der Waals surface area contributed by atoms with Crippen LogP contribution in [0, 0.1) is 0 Å². The molecule has 25 heavy (non-hydrogen) atoms. The zero-order valence-corrected chi connectivity index (χ0v) is 15.0. The molecule has 1 atom stereocenters. The van der Waals surface area contributed by atoms with Crippen LogP contribution in [0.15, 0.2) is 42.6 Å². The molecule has 0 aliphatic rings. The van der Waals surface area contributed by atoms with Crippen LogP contribution in [0.25, 0.3) is 0 Å². The van der Waals surface area contributed by atoms with Gasteiger partial charge in [0.25, 0.3) is 0 Å². The van der Waals surface area contributed by atoms with E-state index < -0.39 is 27.9 Å². The SMILES string of the molecule is C[C@H](OC(=O)c1cccnc1Cl)C(=O)c1ccc(NS(C)(=O)=O)cc1. The van der Waals surface area contributed by atoms with Crippen molar-refractivity contribution in [1.29, 1.82) is 0 Å². The molecule has 0 bridgehead atoms. The van der Waals surface area contributed by atoms with E-state index in [9.17, 15) is 18.0 Å². The number of Topliss-reactive ketones (excluding diaryl/α,β-unsaturated/α-hetero) is 1. The van der Waals surface area contributed by atoms with Crippen LogP contribution in [-0.4, -0.2) is 37.5 Å². The number of benzene rings is 1. The number of hydrogen-bond donors (Lipinski definition) is 1. The summed E-state index contributed by atoms with van der Waals surface area (Å²) in [7, 11) is -3.40. The molecular formula is C16H15ClN2O5S. The van der Waals surface area contributed by atoms with Gasteiger partial charge in [0.1, 0.15) is 5.15 Å². The lowest BCUT2D eigenvalue weighted by atomic mass is 10.1. The fraction of sp³-hybridized carbons (Fsp3) is 0.188. The topological polar surface area (TPSA) is 102 Å². The maximum absolute atomic E-state index is 12.3. The standard InChI is InChI=1S/C16H15ClN2O5S/c1-10(24-16(21)13-4-3-9-18-15(13)17)14(20)11-5-7-12(8-6-11)19-25(2,22)23/h3-10,19H,1-2H3/t10-/m0/s1. The second-order valence-corrected chi connectivity index (χ2v) is 7.31. The lowest BCUT2D eigenvalue weighted by Gasteiger charge is -2.13. The van der Waals surface area contributed by atoms with Gasteiger partial charge < -0.3 is 4.74 Å². The Balaban J connectivity index is 2.07. The Kier molecular flexibility index (Phi) is 5.76.